The molecule has 1 amide bonds. The smallest absolute Gasteiger partial charge is 0.282 e. The van der Waals surface area contributed by atoms with Crippen molar-refractivity contribution < 1.29 is 13.6 Å². The molecule has 26 heavy (non-hydrogen) atoms. The van der Waals surface area contributed by atoms with Crippen molar-refractivity contribution in [2.24, 2.45) is 0 Å². The second kappa shape index (κ2) is 7.51. The number of hydrogen-bond donors (Lipinski definition) is 0. The molecule has 0 aliphatic carbocycles. The summed E-state index contributed by atoms with van der Waals surface area (Å²) in [6.45, 7) is 1.61. The number of rotatable bonds is 4. The molecule has 3 aromatic rings. The van der Waals surface area contributed by atoms with Crippen molar-refractivity contribution in [2.75, 3.05) is 11.9 Å². The van der Waals surface area contributed by atoms with Gasteiger partial charge in [-0.3, -0.25) is 4.79 Å². The van der Waals surface area contributed by atoms with Crippen LogP contribution in [0.3, 0.4) is 0 Å². The van der Waals surface area contributed by atoms with E-state index in [1.807, 2.05) is 24.3 Å². The number of aromatic nitrogens is 1. The van der Waals surface area contributed by atoms with Crippen molar-refractivity contribution in [1.29, 1.82) is 0 Å². The first kappa shape index (κ1) is 18.5. The van der Waals surface area contributed by atoms with Gasteiger partial charge in [-0.25, -0.2) is 13.8 Å². The fraction of sp³-hybridized carbons (Fsp3) is 0.158. The molecule has 0 radical (unpaired) electrons. The van der Waals surface area contributed by atoms with Crippen LogP contribution in [0.2, 0.25) is 5.02 Å². The van der Waals surface area contributed by atoms with E-state index in [9.17, 15) is 13.6 Å². The van der Waals surface area contributed by atoms with Gasteiger partial charge in [0, 0.05) is 17.6 Å². The average molecular weight is 393 g/mol. The first-order valence-electron chi connectivity index (χ1n) is 7.77. The lowest BCUT2D eigenvalue weighted by molar-refractivity contribution is 0.0982. The van der Waals surface area contributed by atoms with Crippen LogP contribution in [0.15, 0.2) is 48.5 Å². The van der Waals surface area contributed by atoms with E-state index in [0.29, 0.717) is 15.7 Å². The van der Waals surface area contributed by atoms with E-state index >= 15 is 0 Å². The molecule has 0 N–H and O–H groups in total. The van der Waals surface area contributed by atoms with Crippen LogP contribution in [-0.4, -0.2) is 17.9 Å². The van der Waals surface area contributed by atoms with Crippen molar-refractivity contribution in [1.82, 2.24) is 4.98 Å². The van der Waals surface area contributed by atoms with Crippen LogP contribution in [0.4, 0.5) is 14.5 Å². The number of anilines is 1. The number of benzene rings is 2. The molecular formula is C19H15ClF2N2OS. The average Bonchev–Trinajstić information content (AvgIpc) is 3.03. The molecule has 1 heterocycles. The summed E-state index contributed by atoms with van der Waals surface area (Å²) in [5, 5.41) is 1.04. The van der Waals surface area contributed by atoms with Gasteiger partial charge in [-0.1, -0.05) is 41.9 Å². The van der Waals surface area contributed by atoms with Gasteiger partial charge >= 0.3 is 0 Å². The molecule has 0 unspecified atom stereocenters. The fourth-order valence-electron chi connectivity index (χ4n) is 2.65. The lowest BCUT2D eigenvalue weighted by Gasteiger charge is -2.20. The first-order valence-corrected chi connectivity index (χ1v) is 8.96. The second-order valence-corrected chi connectivity index (χ2v) is 7.28. The Morgan fingerprint density at radius 1 is 1.15 bits per heavy atom. The summed E-state index contributed by atoms with van der Waals surface area (Å²) in [4.78, 5) is 18.0. The van der Waals surface area contributed by atoms with Gasteiger partial charge in [-0.05, 0) is 30.7 Å². The number of thiazole rings is 1. The van der Waals surface area contributed by atoms with E-state index < -0.39 is 18.0 Å². The monoisotopic (exact) mass is 392 g/mol. The van der Waals surface area contributed by atoms with Crippen LogP contribution in [0, 0.1) is 6.92 Å². The zero-order chi connectivity index (χ0) is 18.8. The number of para-hydroxylation sites is 1. The molecule has 2 aromatic carbocycles. The Balaban J connectivity index is 2.02. The third kappa shape index (κ3) is 3.61. The number of hydrogen-bond acceptors (Lipinski definition) is 3. The predicted molar refractivity (Wildman–Crippen MR) is 101 cm³/mol. The molecule has 0 bridgehead atoms. The molecule has 134 valence electrons. The zero-order valence-electron chi connectivity index (χ0n) is 14.0. The summed E-state index contributed by atoms with van der Waals surface area (Å²) in [7, 11) is 1.57. The molecule has 0 fully saturated rings. The number of carbonyl (C=O) groups is 1. The van der Waals surface area contributed by atoms with Gasteiger partial charge in [-0.2, -0.15) is 0 Å². The minimum atomic E-state index is -2.79. The van der Waals surface area contributed by atoms with Crippen LogP contribution < -0.4 is 4.90 Å². The van der Waals surface area contributed by atoms with Crippen molar-refractivity contribution in [2.45, 2.75) is 13.3 Å². The van der Waals surface area contributed by atoms with Gasteiger partial charge in [0.05, 0.1) is 10.7 Å². The van der Waals surface area contributed by atoms with Crippen LogP contribution in [0.1, 0.15) is 26.8 Å². The Bertz CT molecular complexity index is 941. The topological polar surface area (TPSA) is 33.2 Å². The molecule has 0 aliphatic heterocycles. The maximum atomic E-state index is 13.2. The second-order valence-electron chi connectivity index (χ2n) is 5.64. The number of nitrogens with zero attached hydrogens (tertiary/aromatic N) is 2. The van der Waals surface area contributed by atoms with Crippen molar-refractivity contribution >= 4 is 34.5 Å². The maximum Gasteiger partial charge on any atom is 0.282 e. The highest BCUT2D eigenvalue weighted by molar-refractivity contribution is 7.13. The summed E-state index contributed by atoms with van der Waals surface area (Å²) in [6.07, 6.45) is -2.79. The summed E-state index contributed by atoms with van der Waals surface area (Å²) >= 11 is 6.92. The minimum Gasteiger partial charge on any atom is -0.310 e. The molecule has 7 heteroatoms. The van der Waals surface area contributed by atoms with Crippen LogP contribution in [0.25, 0.3) is 11.1 Å². The number of amides is 1. The molecule has 0 aliphatic rings. The summed E-state index contributed by atoms with van der Waals surface area (Å²) in [6, 6.07) is 14.5. The number of halogens is 3. The molecule has 1 aromatic heterocycles. The van der Waals surface area contributed by atoms with Gasteiger partial charge < -0.3 is 4.90 Å². The van der Waals surface area contributed by atoms with Gasteiger partial charge in [0.1, 0.15) is 10.6 Å². The highest BCUT2D eigenvalue weighted by Gasteiger charge is 2.27. The van der Waals surface area contributed by atoms with E-state index in [2.05, 4.69) is 4.98 Å². The standard InChI is InChI=1S/C19H15ClF2N2OS/c1-11-23-16(18(21)22)17(26-11)19(25)24(2)15-6-4-3-5-14(15)12-7-9-13(20)10-8-12/h3-10,18H,1-2H3. The van der Waals surface area contributed by atoms with Crippen molar-refractivity contribution in [3.8, 4) is 11.1 Å². The third-order valence-corrected chi connectivity index (χ3v) is 5.11. The van der Waals surface area contributed by atoms with E-state index in [-0.39, 0.29) is 4.88 Å². The quantitative estimate of drug-likeness (QED) is 0.546. The highest BCUT2D eigenvalue weighted by Crippen LogP contribution is 2.34. The van der Waals surface area contributed by atoms with Crippen molar-refractivity contribution in [3.63, 3.8) is 0 Å². The largest absolute Gasteiger partial charge is 0.310 e. The van der Waals surface area contributed by atoms with Crippen molar-refractivity contribution in [3.05, 3.63) is 69.1 Å². The summed E-state index contributed by atoms with van der Waals surface area (Å²) in [5.41, 5.74) is 1.83. The molecule has 3 rings (SSSR count). The molecule has 0 spiro atoms. The van der Waals surface area contributed by atoms with Crippen LogP contribution in [0.5, 0.6) is 0 Å². The van der Waals surface area contributed by atoms with E-state index in [1.165, 1.54) is 4.90 Å². The highest BCUT2D eigenvalue weighted by atomic mass is 35.5. The zero-order valence-corrected chi connectivity index (χ0v) is 15.6. The Morgan fingerprint density at radius 2 is 1.81 bits per heavy atom. The van der Waals surface area contributed by atoms with Gasteiger partial charge in [0.25, 0.3) is 12.3 Å². The SMILES string of the molecule is Cc1nc(C(F)F)c(C(=O)N(C)c2ccccc2-c2ccc(Cl)cc2)s1. The normalized spacial score (nSPS) is 11.0. The van der Waals surface area contributed by atoms with Gasteiger partial charge in [0.2, 0.25) is 0 Å². The Labute approximate surface area is 158 Å². The van der Waals surface area contributed by atoms with Crippen LogP contribution >= 0.6 is 22.9 Å². The molecule has 0 atom stereocenters. The lowest BCUT2D eigenvalue weighted by Crippen LogP contribution is -2.27. The maximum absolute atomic E-state index is 13.2. The first-order chi connectivity index (χ1) is 12.4. The molecule has 3 nitrogen and oxygen atoms in total. The number of carbonyl (C=O) groups excluding carboxylic acids is 1. The van der Waals surface area contributed by atoms with E-state index in [0.717, 1.165) is 22.5 Å². The molecular weight excluding hydrogens is 378 g/mol. The van der Waals surface area contributed by atoms with Gasteiger partial charge in [0.15, 0.2) is 0 Å². The Morgan fingerprint density at radius 3 is 2.46 bits per heavy atom. The van der Waals surface area contributed by atoms with E-state index in [1.54, 1.807) is 38.2 Å². The van der Waals surface area contributed by atoms with E-state index in [4.69, 9.17) is 11.6 Å². The van der Waals surface area contributed by atoms with Crippen LogP contribution in [-0.2, 0) is 0 Å². The molecule has 0 saturated heterocycles. The third-order valence-electron chi connectivity index (χ3n) is 3.89. The summed E-state index contributed by atoms with van der Waals surface area (Å²) < 4.78 is 26.4. The molecule has 0 saturated carbocycles. The lowest BCUT2D eigenvalue weighted by atomic mass is 10.0. The Hall–Kier alpha value is -2.31. The number of aryl methyl sites for hydroxylation is 1. The Kier molecular flexibility index (Phi) is 5.34. The van der Waals surface area contributed by atoms with Gasteiger partial charge in [-0.15, -0.1) is 11.3 Å². The minimum absolute atomic E-state index is 0.0362. The summed E-state index contributed by atoms with van der Waals surface area (Å²) in [5.74, 6) is -0.507. The predicted octanol–water partition coefficient (Wildman–Crippen LogP) is 5.99. The number of alkyl halides is 2. The fourth-order valence-corrected chi connectivity index (χ4v) is 3.67.